The maximum absolute atomic E-state index is 11.4. The molecule has 0 aliphatic heterocycles. The zero-order valence-electron chi connectivity index (χ0n) is 9.96. The van der Waals surface area contributed by atoms with Gasteiger partial charge in [0, 0.05) is 37.6 Å². The van der Waals surface area contributed by atoms with Crippen LogP contribution in [0.1, 0.15) is 6.42 Å². The molecule has 0 unspecified atom stereocenters. The Morgan fingerprint density at radius 2 is 1.21 bits per heavy atom. The highest BCUT2D eigenvalue weighted by atomic mass is 16.2. The minimum Gasteiger partial charge on any atom is -0.301 e. The summed E-state index contributed by atoms with van der Waals surface area (Å²) in [5, 5.41) is 0. The van der Waals surface area contributed by atoms with Gasteiger partial charge in [0.15, 0.2) is 0 Å². The smallest absolute Gasteiger partial charge is 0.301 e. The van der Waals surface area contributed by atoms with Crippen LogP contribution in [0, 0.1) is 0 Å². The Labute approximate surface area is 106 Å². The van der Waals surface area contributed by atoms with Crippen LogP contribution < -0.4 is 22.5 Å². The van der Waals surface area contributed by atoms with Crippen molar-refractivity contribution in [2.75, 3.05) is 0 Å². The summed E-state index contributed by atoms with van der Waals surface area (Å²) in [5.74, 6) is 0. The van der Waals surface area contributed by atoms with E-state index in [0.29, 0.717) is 19.5 Å². The molecule has 0 radical (unpaired) electrons. The lowest BCUT2D eigenvalue weighted by Gasteiger charge is -2.06. The van der Waals surface area contributed by atoms with E-state index in [1.54, 1.807) is 0 Å². The fraction of sp³-hybridized carbons (Fsp3) is 0.273. The summed E-state index contributed by atoms with van der Waals surface area (Å²) >= 11 is 0. The van der Waals surface area contributed by atoms with Crippen molar-refractivity contribution in [1.82, 2.24) is 19.1 Å². The van der Waals surface area contributed by atoms with Crippen molar-refractivity contribution in [3.05, 3.63) is 66.2 Å². The van der Waals surface area contributed by atoms with Gasteiger partial charge in [-0.2, -0.15) is 0 Å². The highest BCUT2D eigenvalue weighted by Gasteiger charge is 1.99. The van der Waals surface area contributed by atoms with Crippen LogP contribution in [0.25, 0.3) is 0 Å². The van der Waals surface area contributed by atoms with Crippen molar-refractivity contribution in [3.8, 4) is 0 Å². The predicted octanol–water partition coefficient (Wildman–Crippen LogP) is -1.52. The monoisotopic (exact) mass is 264 g/mol. The van der Waals surface area contributed by atoms with Gasteiger partial charge in [0.2, 0.25) is 0 Å². The van der Waals surface area contributed by atoms with E-state index in [-0.39, 0.29) is 0 Å². The number of hydrogen-bond donors (Lipinski definition) is 2. The Morgan fingerprint density at radius 3 is 1.58 bits per heavy atom. The fourth-order valence-electron chi connectivity index (χ4n) is 1.65. The molecule has 2 rings (SSSR count). The van der Waals surface area contributed by atoms with E-state index in [4.69, 9.17) is 0 Å². The standard InChI is InChI=1S/C11H12N4O4/c16-8-2-6-14(10(18)12-8)4-1-5-15-7-3-9(17)13-11(15)19/h2-3,6-7H,1,4-5H2,(H,12,16,18)(H,13,17,19). The van der Waals surface area contributed by atoms with Crippen LogP contribution in [0.5, 0.6) is 0 Å². The lowest BCUT2D eigenvalue weighted by molar-refractivity contribution is 0.528. The Balaban J connectivity index is 2.04. The zero-order chi connectivity index (χ0) is 13.8. The number of H-pyrrole nitrogens is 2. The molecule has 8 nitrogen and oxygen atoms in total. The number of nitrogens with zero attached hydrogens (tertiary/aromatic N) is 2. The maximum atomic E-state index is 11.4. The minimum absolute atomic E-state index is 0.362. The molecule has 2 heterocycles. The molecule has 0 aromatic carbocycles. The van der Waals surface area contributed by atoms with E-state index in [2.05, 4.69) is 9.97 Å². The Kier molecular flexibility index (Phi) is 3.60. The third-order valence-electron chi connectivity index (χ3n) is 2.59. The van der Waals surface area contributed by atoms with Crippen LogP contribution in [-0.4, -0.2) is 19.1 Å². The number of aromatic amines is 2. The van der Waals surface area contributed by atoms with Gasteiger partial charge in [-0.3, -0.25) is 19.6 Å². The largest absolute Gasteiger partial charge is 0.328 e. The number of aromatic nitrogens is 4. The molecular formula is C11H12N4O4. The lowest BCUT2D eigenvalue weighted by atomic mass is 10.4. The first-order chi connectivity index (χ1) is 9.06. The van der Waals surface area contributed by atoms with Crippen molar-refractivity contribution in [2.45, 2.75) is 19.5 Å². The summed E-state index contributed by atoms with van der Waals surface area (Å²) in [6, 6.07) is 2.52. The first-order valence-electron chi connectivity index (χ1n) is 5.66. The molecule has 0 saturated carbocycles. The second kappa shape index (κ2) is 5.34. The summed E-state index contributed by atoms with van der Waals surface area (Å²) in [6.07, 6.45) is 3.31. The van der Waals surface area contributed by atoms with Crippen LogP contribution in [0.4, 0.5) is 0 Å². The van der Waals surface area contributed by atoms with E-state index in [1.165, 1.54) is 33.7 Å². The molecule has 2 N–H and O–H groups in total. The van der Waals surface area contributed by atoms with Crippen molar-refractivity contribution < 1.29 is 0 Å². The Bertz CT molecular complexity index is 728. The molecule has 0 aliphatic carbocycles. The number of rotatable bonds is 4. The van der Waals surface area contributed by atoms with E-state index >= 15 is 0 Å². The van der Waals surface area contributed by atoms with Gasteiger partial charge in [-0.1, -0.05) is 0 Å². The molecule has 0 atom stereocenters. The Hall–Kier alpha value is -2.64. The zero-order valence-corrected chi connectivity index (χ0v) is 9.96. The molecule has 0 aliphatic rings. The third-order valence-corrected chi connectivity index (χ3v) is 2.59. The molecule has 2 aromatic rings. The van der Waals surface area contributed by atoms with Gasteiger partial charge < -0.3 is 9.13 Å². The molecule has 0 bridgehead atoms. The van der Waals surface area contributed by atoms with E-state index < -0.39 is 22.5 Å². The van der Waals surface area contributed by atoms with Crippen LogP contribution in [0.3, 0.4) is 0 Å². The van der Waals surface area contributed by atoms with Crippen molar-refractivity contribution in [1.29, 1.82) is 0 Å². The highest BCUT2D eigenvalue weighted by Crippen LogP contribution is 1.88. The van der Waals surface area contributed by atoms with Crippen LogP contribution in [0.2, 0.25) is 0 Å². The summed E-state index contributed by atoms with van der Waals surface area (Å²) in [7, 11) is 0. The molecule has 8 heteroatoms. The van der Waals surface area contributed by atoms with Gasteiger partial charge in [-0.15, -0.1) is 0 Å². The first-order valence-corrected chi connectivity index (χ1v) is 5.66. The van der Waals surface area contributed by atoms with Gasteiger partial charge in [0.1, 0.15) is 0 Å². The summed E-state index contributed by atoms with van der Waals surface area (Å²) in [6.45, 7) is 0.725. The quantitative estimate of drug-likeness (QED) is 0.698. The molecule has 0 fully saturated rings. The topological polar surface area (TPSA) is 110 Å². The lowest BCUT2D eigenvalue weighted by Crippen LogP contribution is -2.31. The van der Waals surface area contributed by atoms with Crippen LogP contribution in [0.15, 0.2) is 43.7 Å². The average molecular weight is 264 g/mol. The number of hydrogen-bond acceptors (Lipinski definition) is 4. The molecule has 2 aromatic heterocycles. The second-order valence-electron chi connectivity index (χ2n) is 3.96. The summed E-state index contributed by atoms with van der Waals surface area (Å²) in [5.41, 5.74) is -1.86. The number of nitrogens with one attached hydrogen (secondary N) is 2. The van der Waals surface area contributed by atoms with E-state index in [1.807, 2.05) is 0 Å². The minimum atomic E-state index is -0.485. The average Bonchev–Trinajstić information content (AvgIpc) is 2.34. The van der Waals surface area contributed by atoms with E-state index in [0.717, 1.165) is 0 Å². The van der Waals surface area contributed by atoms with Gasteiger partial charge in [-0.25, -0.2) is 9.59 Å². The fourth-order valence-corrected chi connectivity index (χ4v) is 1.65. The summed E-state index contributed by atoms with van der Waals surface area (Å²) < 4.78 is 2.69. The number of aryl methyl sites for hydroxylation is 2. The van der Waals surface area contributed by atoms with Gasteiger partial charge in [-0.05, 0) is 6.42 Å². The SMILES string of the molecule is O=c1ccn(CCCn2ccc(=O)[nH]c2=O)c(=O)[nH]1. The molecule has 0 saturated heterocycles. The van der Waals surface area contributed by atoms with Crippen LogP contribution in [-0.2, 0) is 13.1 Å². The van der Waals surface area contributed by atoms with Gasteiger partial charge >= 0.3 is 11.4 Å². The first kappa shape index (κ1) is 12.8. The molecule has 0 amide bonds. The molecule has 0 spiro atoms. The maximum Gasteiger partial charge on any atom is 0.328 e. The molecule has 100 valence electrons. The highest BCUT2D eigenvalue weighted by molar-refractivity contribution is 4.84. The predicted molar refractivity (Wildman–Crippen MR) is 67.3 cm³/mol. The summed E-state index contributed by atoms with van der Waals surface area (Å²) in [4.78, 5) is 48.8. The van der Waals surface area contributed by atoms with Crippen molar-refractivity contribution >= 4 is 0 Å². The normalized spacial score (nSPS) is 10.5. The molecule has 19 heavy (non-hydrogen) atoms. The van der Waals surface area contributed by atoms with Crippen molar-refractivity contribution in [3.63, 3.8) is 0 Å². The van der Waals surface area contributed by atoms with Gasteiger partial charge in [0.25, 0.3) is 11.1 Å². The van der Waals surface area contributed by atoms with Crippen molar-refractivity contribution in [2.24, 2.45) is 0 Å². The molecular weight excluding hydrogens is 252 g/mol. The second-order valence-corrected chi connectivity index (χ2v) is 3.96. The third kappa shape index (κ3) is 3.18. The van der Waals surface area contributed by atoms with Gasteiger partial charge in [0.05, 0.1) is 0 Å². The van der Waals surface area contributed by atoms with E-state index in [9.17, 15) is 19.2 Å². The van der Waals surface area contributed by atoms with Crippen LogP contribution >= 0.6 is 0 Å². The Morgan fingerprint density at radius 1 is 0.789 bits per heavy atom.